The molecule has 3 aromatic carbocycles. The van der Waals surface area contributed by atoms with Gasteiger partial charge in [0.05, 0.1) is 31.9 Å². The number of carbonyl (C=O) groups is 2. The van der Waals surface area contributed by atoms with Crippen molar-refractivity contribution in [3.8, 4) is 17.2 Å². The van der Waals surface area contributed by atoms with Crippen molar-refractivity contribution in [2.45, 2.75) is 32.4 Å². The molecule has 38 heavy (non-hydrogen) atoms. The van der Waals surface area contributed by atoms with E-state index in [9.17, 15) is 19.1 Å². The summed E-state index contributed by atoms with van der Waals surface area (Å²) in [6.45, 7) is 3.98. The molecule has 1 saturated heterocycles. The lowest BCUT2D eigenvalue weighted by Crippen LogP contribution is -2.31. The van der Waals surface area contributed by atoms with Gasteiger partial charge in [-0.15, -0.1) is 0 Å². The Labute approximate surface area is 221 Å². The van der Waals surface area contributed by atoms with Crippen LogP contribution in [-0.4, -0.2) is 48.6 Å². The molecule has 1 fully saturated rings. The molecule has 8 heteroatoms. The Balaban J connectivity index is 1.81. The third-order valence-corrected chi connectivity index (χ3v) is 6.30. The molecule has 0 aliphatic carbocycles. The lowest BCUT2D eigenvalue weighted by Gasteiger charge is -2.26. The van der Waals surface area contributed by atoms with Gasteiger partial charge in [0.1, 0.15) is 17.3 Å². The predicted molar refractivity (Wildman–Crippen MR) is 141 cm³/mol. The number of rotatable bonds is 9. The zero-order chi connectivity index (χ0) is 27.4. The van der Waals surface area contributed by atoms with Crippen molar-refractivity contribution in [3.63, 3.8) is 0 Å². The van der Waals surface area contributed by atoms with E-state index in [1.54, 1.807) is 54.6 Å². The summed E-state index contributed by atoms with van der Waals surface area (Å²) in [6, 6.07) is 17.0. The van der Waals surface area contributed by atoms with Crippen molar-refractivity contribution in [2.24, 2.45) is 0 Å². The molecule has 1 amide bonds. The van der Waals surface area contributed by atoms with Gasteiger partial charge in [-0.1, -0.05) is 24.3 Å². The maximum atomic E-state index is 13.4. The van der Waals surface area contributed by atoms with Crippen LogP contribution in [0.5, 0.6) is 17.2 Å². The second-order valence-corrected chi connectivity index (χ2v) is 9.18. The lowest BCUT2D eigenvalue weighted by molar-refractivity contribution is -0.139. The van der Waals surface area contributed by atoms with E-state index >= 15 is 0 Å². The molecule has 0 radical (unpaired) electrons. The van der Waals surface area contributed by atoms with Gasteiger partial charge in [-0.05, 0) is 73.9 Å². The summed E-state index contributed by atoms with van der Waals surface area (Å²) < 4.78 is 29.9. The van der Waals surface area contributed by atoms with Crippen LogP contribution in [-0.2, 0) is 16.0 Å². The van der Waals surface area contributed by atoms with Crippen molar-refractivity contribution in [2.75, 3.05) is 20.8 Å². The maximum Gasteiger partial charge on any atom is 0.295 e. The monoisotopic (exact) mass is 519 g/mol. The zero-order valence-electron chi connectivity index (χ0n) is 21.7. The minimum absolute atomic E-state index is 0.0389. The highest BCUT2D eigenvalue weighted by atomic mass is 19.1. The van der Waals surface area contributed by atoms with E-state index in [-0.39, 0.29) is 29.8 Å². The minimum Gasteiger partial charge on any atom is -0.507 e. The SMILES string of the molecule is COc1ccc(/C(O)=C2\C(=O)C(=O)N(CCc3ccc(F)cc3)C2c2cccc(OC(C)C)c2)cc1OC. The number of hydrogen-bond acceptors (Lipinski definition) is 6. The number of methoxy groups -OCH3 is 2. The number of nitrogens with zero attached hydrogens (tertiary/aromatic N) is 1. The van der Waals surface area contributed by atoms with Crippen LogP contribution >= 0.6 is 0 Å². The van der Waals surface area contributed by atoms with Gasteiger partial charge in [0.2, 0.25) is 0 Å². The van der Waals surface area contributed by atoms with Crippen LogP contribution in [0.2, 0.25) is 0 Å². The number of carbonyl (C=O) groups excluding carboxylic acids is 2. The molecular formula is C30H30FNO6. The molecule has 1 heterocycles. The van der Waals surface area contributed by atoms with Crippen molar-refractivity contribution in [1.82, 2.24) is 4.90 Å². The van der Waals surface area contributed by atoms with Gasteiger partial charge >= 0.3 is 0 Å². The Morgan fingerprint density at radius 1 is 0.974 bits per heavy atom. The lowest BCUT2D eigenvalue weighted by atomic mass is 9.95. The number of likely N-dealkylation sites (tertiary alicyclic amines) is 1. The van der Waals surface area contributed by atoms with E-state index in [2.05, 4.69) is 0 Å². The van der Waals surface area contributed by atoms with Crippen LogP contribution in [0.4, 0.5) is 4.39 Å². The molecule has 0 saturated carbocycles. The normalized spacial score (nSPS) is 16.7. The van der Waals surface area contributed by atoms with Gasteiger partial charge in [0, 0.05) is 12.1 Å². The second-order valence-electron chi connectivity index (χ2n) is 9.18. The summed E-state index contributed by atoms with van der Waals surface area (Å²) in [4.78, 5) is 28.1. The fourth-order valence-electron chi connectivity index (χ4n) is 4.53. The van der Waals surface area contributed by atoms with Crippen LogP contribution in [0.25, 0.3) is 5.76 Å². The number of halogens is 1. The molecule has 198 valence electrons. The predicted octanol–water partition coefficient (Wildman–Crippen LogP) is 5.29. The first-order valence-corrected chi connectivity index (χ1v) is 12.2. The third kappa shape index (κ3) is 5.49. The zero-order valence-corrected chi connectivity index (χ0v) is 21.7. The molecule has 1 unspecified atom stereocenters. The molecule has 7 nitrogen and oxygen atoms in total. The fourth-order valence-corrected chi connectivity index (χ4v) is 4.53. The molecule has 3 aromatic rings. The number of benzene rings is 3. The molecule has 1 N–H and O–H groups in total. The first-order valence-electron chi connectivity index (χ1n) is 12.2. The molecular weight excluding hydrogens is 489 g/mol. The van der Waals surface area contributed by atoms with Crippen LogP contribution in [0.15, 0.2) is 72.3 Å². The standard InChI is InChI=1S/C30H30FNO6/c1-18(2)38-23-7-5-6-20(16-23)27-26(28(33)21-10-13-24(36-3)25(17-21)37-4)29(34)30(35)32(27)15-14-19-8-11-22(31)12-9-19/h5-13,16-18,27,33H,14-15H2,1-4H3/b28-26+. The maximum absolute atomic E-state index is 13.4. The number of amides is 1. The first-order chi connectivity index (χ1) is 18.2. The largest absolute Gasteiger partial charge is 0.507 e. The highest BCUT2D eigenvalue weighted by Gasteiger charge is 2.46. The van der Waals surface area contributed by atoms with Gasteiger partial charge in [-0.25, -0.2) is 4.39 Å². The third-order valence-electron chi connectivity index (χ3n) is 6.30. The average Bonchev–Trinajstić information content (AvgIpc) is 3.16. The Bertz CT molecular complexity index is 1370. The van der Waals surface area contributed by atoms with Gasteiger partial charge in [-0.3, -0.25) is 9.59 Å². The van der Waals surface area contributed by atoms with Gasteiger partial charge in [0.15, 0.2) is 11.5 Å². The fraction of sp³-hybridized carbons (Fsp3) is 0.267. The van der Waals surface area contributed by atoms with Gasteiger partial charge in [-0.2, -0.15) is 0 Å². The highest BCUT2D eigenvalue weighted by molar-refractivity contribution is 6.46. The summed E-state index contributed by atoms with van der Waals surface area (Å²) in [5.74, 6) is -0.802. The van der Waals surface area contributed by atoms with E-state index in [0.717, 1.165) is 5.56 Å². The van der Waals surface area contributed by atoms with Crippen LogP contribution in [0.3, 0.4) is 0 Å². The Morgan fingerprint density at radius 3 is 2.34 bits per heavy atom. The topological polar surface area (TPSA) is 85.3 Å². The number of Topliss-reactive ketones (excluding diaryl/α,β-unsaturated/α-hetero) is 1. The van der Waals surface area contributed by atoms with Crippen molar-refractivity contribution >= 4 is 17.4 Å². The van der Waals surface area contributed by atoms with Crippen molar-refractivity contribution in [1.29, 1.82) is 0 Å². The Morgan fingerprint density at radius 2 is 1.68 bits per heavy atom. The van der Waals surface area contributed by atoms with Crippen molar-refractivity contribution in [3.05, 3.63) is 94.8 Å². The molecule has 1 atom stereocenters. The molecule has 1 aliphatic heterocycles. The minimum atomic E-state index is -0.862. The van der Waals surface area contributed by atoms with Gasteiger partial charge in [0.25, 0.3) is 11.7 Å². The molecule has 0 spiro atoms. The van der Waals surface area contributed by atoms with Crippen molar-refractivity contribution < 1.29 is 33.3 Å². The Kier molecular flexibility index (Phi) is 8.00. The number of aliphatic hydroxyl groups is 1. The number of aliphatic hydroxyl groups excluding tert-OH is 1. The summed E-state index contributed by atoms with van der Waals surface area (Å²) in [5, 5.41) is 11.4. The number of ketones is 1. The van der Waals surface area contributed by atoms with E-state index < -0.39 is 17.7 Å². The summed E-state index contributed by atoms with van der Waals surface area (Å²) in [7, 11) is 2.96. The average molecular weight is 520 g/mol. The van der Waals surface area contributed by atoms with Crippen LogP contribution < -0.4 is 14.2 Å². The van der Waals surface area contributed by atoms with Gasteiger partial charge < -0.3 is 24.2 Å². The van der Waals surface area contributed by atoms with Crippen LogP contribution in [0, 0.1) is 5.82 Å². The molecule has 1 aliphatic rings. The molecule has 4 rings (SSSR count). The van der Waals surface area contributed by atoms with E-state index in [4.69, 9.17) is 14.2 Å². The summed E-state index contributed by atoms with van der Waals surface area (Å²) in [6.07, 6.45) is 0.310. The Hall–Kier alpha value is -4.33. The van der Waals surface area contributed by atoms with E-state index in [1.807, 2.05) is 13.8 Å². The highest BCUT2D eigenvalue weighted by Crippen LogP contribution is 2.41. The molecule has 0 aromatic heterocycles. The summed E-state index contributed by atoms with van der Waals surface area (Å²) in [5.41, 5.74) is 1.69. The second kappa shape index (κ2) is 11.4. The van der Waals surface area contributed by atoms with E-state index in [1.165, 1.54) is 31.3 Å². The number of ether oxygens (including phenoxy) is 3. The first kappa shape index (κ1) is 26.7. The quantitative estimate of drug-likeness (QED) is 0.235. The smallest absolute Gasteiger partial charge is 0.295 e. The molecule has 0 bridgehead atoms. The number of hydrogen-bond donors (Lipinski definition) is 1. The van der Waals surface area contributed by atoms with E-state index in [0.29, 0.717) is 34.8 Å². The summed E-state index contributed by atoms with van der Waals surface area (Å²) >= 11 is 0. The van der Waals surface area contributed by atoms with Crippen LogP contribution in [0.1, 0.15) is 36.6 Å².